The molecular formula is C15H24N2O3. The van der Waals surface area contributed by atoms with Crippen LogP contribution in [0, 0.1) is 23.7 Å². The summed E-state index contributed by atoms with van der Waals surface area (Å²) in [5, 5.41) is 4.33. The van der Waals surface area contributed by atoms with Crippen LogP contribution < -0.4 is 5.32 Å². The topological polar surface area (TPSA) is 58.6 Å². The summed E-state index contributed by atoms with van der Waals surface area (Å²) in [6, 6.07) is 0. The minimum atomic E-state index is -0.732. The van der Waals surface area contributed by atoms with Gasteiger partial charge >= 0.3 is 0 Å². The second-order valence-corrected chi connectivity index (χ2v) is 6.84. The average molecular weight is 280 g/mol. The first kappa shape index (κ1) is 13.9. The lowest BCUT2D eigenvalue weighted by Crippen LogP contribution is -2.72. The van der Waals surface area contributed by atoms with Gasteiger partial charge in [-0.2, -0.15) is 0 Å². The molecule has 20 heavy (non-hydrogen) atoms. The maximum Gasteiger partial charge on any atom is 0.272 e. The molecule has 4 bridgehead atoms. The molecule has 0 heterocycles. The van der Waals surface area contributed by atoms with Gasteiger partial charge in [0.15, 0.2) is 0 Å². The van der Waals surface area contributed by atoms with Crippen molar-refractivity contribution >= 4 is 11.8 Å². The third-order valence-electron chi connectivity index (χ3n) is 5.72. The average Bonchev–Trinajstić information content (AvgIpc) is 2.40. The number of nitrogens with one attached hydrogen (secondary N) is 1. The van der Waals surface area contributed by atoms with Gasteiger partial charge in [0.25, 0.3) is 5.91 Å². The van der Waals surface area contributed by atoms with Gasteiger partial charge < -0.3 is 5.32 Å². The van der Waals surface area contributed by atoms with Crippen LogP contribution in [0.15, 0.2) is 0 Å². The Morgan fingerprint density at radius 1 is 1.10 bits per heavy atom. The van der Waals surface area contributed by atoms with Crippen molar-refractivity contribution in [3.8, 4) is 0 Å². The lowest BCUT2D eigenvalue weighted by Gasteiger charge is -2.60. The number of likely N-dealkylation sites (N-methyl/N-ethyl adjacent to an activating group) is 1. The number of hydrogen-bond acceptors (Lipinski definition) is 3. The lowest BCUT2D eigenvalue weighted by atomic mass is 9.48. The van der Waals surface area contributed by atoms with Crippen LogP contribution in [0.1, 0.15) is 39.0 Å². The normalized spacial score (nSPS) is 41.5. The van der Waals surface area contributed by atoms with Crippen molar-refractivity contribution in [1.82, 2.24) is 10.4 Å². The van der Waals surface area contributed by atoms with E-state index in [2.05, 4.69) is 5.32 Å². The van der Waals surface area contributed by atoms with Crippen molar-refractivity contribution in [3.63, 3.8) is 0 Å². The Hall–Kier alpha value is -1.10. The van der Waals surface area contributed by atoms with Gasteiger partial charge in [0, 0.05) is 14.0 Å². The molecule has 0 aliphatic heterocycles. The Labute approximate surface area is 120 Å². The van der Waals surface area contributed by atoms with Crippen molar-refractivity contribution in [2.45, 2.75) is 44.6 Å². The van der Waals surface area contributed by atoms with Crippen LogP contribution in [0.5, 0.6) is 0 Å². The number of carbonyl (C=O) groups excluding carboxylic acids is 2. The first-order valence-corrected chi connectivity index (χ1v) is 7.58. The highest BCUT2D eigenvalue weighted by Gasteiger charge is 2.62. The van der Waals surface area contributed by atoms with E-state index in [0.717, 1.165) is 37.5 Å². The van der Waals surface area contributed by atoms with E-state index in [1.807, 2.05) is 0 Å². The molecule has 112 valence electrons. The van der Waals surface area contributed by atoms with E-state index in [4.69, 9.17) is 4.84 Å². The second kappa shape index (κ2) is 4.72. The summed E-state index contributed by atoms with van der Waals surface area (Å²) in [4.78, 5) is 29.7. The molecule has 4 saturated carbocycles. The largest absolute Gasteiger partial charge is 0.341 e. The number of hydrogen-bond donors (Lipinski definition) is 1. The fraction of sp³-hybridized carbons (Fsp3) is 0.867. The second-order valence-electron chi connectivity index (χ2n) is 6.84. The standard InChI is InChI=1S/C15H24N2O3/c1-9(18)16-15(14(19)17(2)20-3)12-5-10-4-11(7-12)8-13(15)6-10/h10-13H,4-8H2,1-3H3,(H,16,18). The molecule has 4 aliphatic rings. The van der Waals surface area contributed by atoms with Crippen molar-refractivity contribution in [1.29, 1.82) is 0 Å². The van der Waals surface area contributed by atoms with E-state index in [-0.39, 0.29) is 23.7 Å². The molecule has 4 aliphatic carbocycles. The first-order valence-electron chi connectivity index (χ1n) is 7.58. The van der Waals surface area contributed by atoms with E-state index in [1.165, 1.54) is 25.5 Å². The predicted octanol–water partition coefficient (Wildman–Crippen LogP) is 1.34. The first-order chi connectivity index (χ1) is 9.47. The summed E-state index contributed by atoms with van der Waals surface area (Å²) in [7, 11) is 3.13. The highest BCUT2D eigenvalue weighted by Crippen LogP contribution is 2.58. The Kier molecular flexibility index (Phi) is 3.27. The minimum absolute atomic E-state index is 0.0796. The summed E-state index contributed by atoms with van der Waals surface area (Å²) in [5.74, 6) is 1.85. The van der Waals surface area contributed by atoms with Crippen LogP contribution in [0.3, 0.4) is 0 Å². The van der Waals surface area contributed by atoms with Gasteiger partial charge in [-0.05, 0) is 55.8 Å². The molecule has 0 aromatic heterocycles. The molecular weight excluding hydrogens is 256 g/mol. The number of rotatable bonds is 3. The molecule has 0 saturated heterocycles. The van der Waals surface area contributed by atoms with Crippen molar-refractivity contribution < 1.29 is 14.4 Å². The summed E-state index contributed by atoms with van der Waals surface area (Å²) in [6.45, 7) is 1.51. The van der Waals surface area contributed by atoms with Gasteiger partial charge in [0.05, 0.1) is 7.11 Å². The van der Waals surface area contributed by atoms with Gasteiger partial charge in [-0.25, -0.2) is 5.06 Å². The summed E-state index contributed by atoms with van der Waals surface area (Å²) >= 11 is 0. The zero-order chi connectivity index (χ0) is 14.5. The van der Waals surface area contributed by atoms with Crippen molar-refractivity contribution in [3.05, 3.63) is 0 Å². The van der Waals surface area contributed by atoms with Gasteiger partial charge in [0.2, 0.25) is 5.91 Å². The zero-order valence-electron chi connectivity index (χ0n) is 12.5. The van der Waals surface area contributed by atoms with Crippen molar-refractivity contribution in [2.75, 3.05) is 14.2 Å². The van der Waals surface area contributed by atoms with Gasteiger partial charge in [-0.3, -0.25) is 14.4 Å². The molecule has 0 unspecified atom stereocenters. The molecule has 2 amide bonds. The number of nitrogens with zero attached hydrogens (tertiary/aromatic N) is 1. The van der Waals surface area contributed by atoms with Gasteiger partial charge in [-0.1, -0.05) is 0 Å². The van der Waals surface area contributed by atoms with Gasteiger partial charge in [0.1, 0.15) is 5.54 Å². The van der Waals surface area contributed by atoms with Gasteiger partial charge in [-0.15, -0.1) is 0 Å². The Bertz CT molecular complexity index is 407. The Balaban J connectivity index is 1.98. The Morgan fingerprint density at radius 3 is 2.00 bits per heavy atom. The van der Waals surface area contributed by atoms with Crippen molar-refractivity contribution in [2.24, 2.45) is 23.7 Å². The molecule has 4 fully saturated rings. The van der Waals surface area contributed by atoms with Crippen LogP contribution in [-0.4, -0.2) is 36.6 Å². The maximum atomic E-state index is 12.9. The van der Waals surface area contributed by atoms with Crippen LogP contribution in [-0.2, 0) is 14.4 Å². The molecule has 0 aromatic carbocycles. The smallest absolute Gasteiger partial charge is 0.272 e. The van der Waals surface area contributed by atoms with E-state index in [1.54, 1.807) is 7.05 Å². The summed E-state index contributed by atoms with van der Waals surface area (Å²) in [5.41, 5.74) is -0.732. The third-order valence-corrected chi connectivity index (χ3v) is 5.72. The highest BCUT2D eigenvalue weighted by atomic mass is 16.7. The number of hydroxylamine groups is 2. The van der Waals surface area contributed by atoms with E-state index < -0.39 is 5.54 Å². The highest BCUT2D eigenvalue weighted by molar-refractivity contribution is 5.91. The quantitative estimate of drug-likeness (QED) is 0.794. The summed E-state index contributed by atoms with van der Waals surface area (Å²) in [6.07, 6.45) is 5.58. The molecule has 0 radical (unpaired) electrons. The monoisotopic (exact) mass is 280 g/mol. The minimum Gasteiger partial charge on any atom is -0.341 e. The number of amides is 2. The molecule has 0 spiro atoms. The molecule has 0 atom stereocenters. The lowest BCUT2D eigenvalue weighted by molar-refractivity contribution is -0.193. The fourth-order valence-corrected chi connectivity index (χ4v) is 5.17. The van der Waals surface area contributed by atoms with Crippen LogP contribution >= 0.6 is 0 Å². The maximum absolute atomic E-state index is 12.9. The summed E-state index contributed by atoms with van der Waals surface area (Å²) < 4.78 is 0. The fourth-order valence-electron chi connectivity index (χ4n) is 5.17. The van der Waals surface area contributed by atoms with E-state index >= 15 is 0 Å². The van der Waals surface area contributed by atoms with Crippen LogP contribution in [0.2, 0.25) is 0 Å². The van der Waals surface area contributed by atoms with E-state index in [0.29, 0.717) is 0 Å². The predicted molar refractivity (Wildman–Crippen MR) is 73.4 cm³/mol. The SMILES string of the molecule is CON(C)C(=O)C1(NC(C)=O)C2CC3CC(C2)CC1C3. The molecule has 1 N–H and O–H groups in total. The Morgan fingerprint density at radius 2 is 1.60 bits per heavy atom. The van der Waals surface area contributed by atoms with Crippen LogP contribution in [0.25, 0.3) is 0 Å². The molecule has 5 nitrogen and oxygen atoms in total. The number of carbonyl (C=O) groups is 2. The third kappa shape index (κ3) is 1.86. The molecule has 4 rings (SSSR count). The molecule has 0 aromatic rings. The molecule has 5 heteroatoms. The zero-order valence-corrected chi connectivity index (χ0v) is 12.5. The van der Waals surface area contributed by atoms with Crippen LogP contribution in [0.4, 0.5) is 0 Å². The van der Waals surface area contributed by atoms with E-state index in [9.17, 15) is 9.59 Å².